The summed E-state index contributed by atoms with van der Waals surface area (Å²) < 4.78 is 5.47. The molecule has 1 aliphatic rings. The molecular formula is C20H17N3O4. The van der Waals surface area contributed by atoms with Crippen LogP contribution in [0.3, 0.4) is 0 Å². The number of ether oxygens (including phenoxy) is 1. The fourth-order valence-electron chi connectivity index (χ4n) is 3.27. The summed E-state index contributed by atoms with van der Waals surface area (Å²) in [6, 6.07) is 15.9. The highest BCUT2D eigenvalue weighted by molar-refractivity contribution is 6.04. The summed E-state index contributed by atoms with van der Waals surface area (Å²) in [6.45, 7) is 0.580. The number of amides is 1. The number of esters is 1. The van der Waals surface area contributed by atoms with Crippen molar-refractivity contribution >= 4 is 28.3 Å². The third kappa shape index (κ3) is 3.19. The number of para-hydroxylation sites is 1. The first-order valence-electron chi connectivity index (χ1n) is 8.70. The number of anilines is 1. The van der Waals surface area contributed by atoms with E-state index in [4.69, 9.17) is 4.74 Å². The molecule has 0 spiro atoms. The van der Waals surface area contributed by atoms with Crippen molar-refractivity contribution in [1.29, 1.82) is 0 Å². The van der Waals surface area contributed by atoms with Crippen LogP contribution in [0, 0.1) is 0 Å². The smallest absolute Gasteiger partial charge is 0.360 e. The van der Waals surface area contributed by atoms with Crippen molar-refractivity contribution in [3.8, 4) is 0 Å². The number of hydrogen-bond donors (Lipinski definition) is 1. The van der Waals surface area contributed by atoms with E-state index in [1.807, 2.05) is 30.3 Å². The Morgan fingerprint density at radius 3 is 2.52 bits per heavy atom. The predicted molar refractivity (Wildman–Crippen MR) is 99.6 cm³/mol. The average Bonchev–Trinajstić information content (AvgIpc) is 2.70. The van der Waals surface area contributed by atoms with Crippen LogP contribution in [0.15, 0.2) is 59.4 Å². The molecule has 7 heteroatoms. The minimum absolute atomic E-state index is 0.00478. The Labute approximate surface area is 154 Å². The third-order valence-electron chi connectivity index (χ3n) is 4.60. The highest BCUT2D eigenvalue weighted by Crippen LogP contribution is 2.23. The SMILES string of the molecule is O=C(OC1CCCN(c2ccccc2)C1=O)c1n[nH]c(=O)c2ccccc12. The topological polar surface area (TPSA) is 92.4 Å². The molecule has 0 saturated carbocycles. The number of fused-ring (bicyclic) bond motifs is 1. The number of aromatic amines is 1. The molecule has 1 saturated heterocycles. The van der Waals surface area contributed by atoms with Crippen LogP contribution in [-0.4, -0.2) is 34.7 Å². The Bertz CT molecular complexity index is 1060. The molecule has 1 unspecified atom stereocenters. The van der Waals surface area contributed by atoms with Gasteiger partial charge in [-0.15, -0.1) is 0 Å². The van der Waals surface area contributed by atoms with Gasteiger partial charge in [0.1, 0.15) is 0 Å². The molecule has 7 nitrogen and oxygen atoms in total. The van der Waals surface area contributed by atoms with E-state index in [9.17, 15) is 14.4 Å². The Morgan fingerprint density at radius 2 is 1.74 bits per heavy atom. The maximum atomic E-state index is 12.8. The molecule has 2 heterocycles. The zero-order valence-corrected chi connectivity index (χ0v) is 14.4. The molecule has 1 amide bonds. The minimum atomic E-state index is -0.876. The first kappa shape index (κ1) is 17.0. The highest BCUT2D eigenvalue weighted by atomic mass is 16.5. The number of nitrogens with one attached hydrogen (secondary N) is 1. The molecule has 27 heavy (non-hydrogen) atoms. The van der Waals surface area contributed by atoms with Gasteiger partial charge in [-0.1, -0.05) is 36.4 Å². The summed E-state index contributed by atoms with van der Waals surface area (Å²) in [4.78, 5) is 38.9. The maximum absolute atomic E-state index is 12.8. The Morgan fingerprint density at radius 1 is 1.04 bits per heavy atom. The molecule has 1 aromatic heterocycles. The van der Waals surface area contributed by atoms with Crippen molar-refractivity contribution in [2.45, 2.75) is 18.9 Å². The molecule has 1 fully saturated rings. The van der Waals surface area contributed by atoms with Crippen LogP contribution < -0.4 is 10.5 Å². The first-order valence-corrected chi connectivity index (χ1v) is 8.70. The van der Waals surface area contributed by atoms with Gasteiger partial charge in [-0.3, -0.25) is 9.59 Å². The second-order valence-electron chi connectivity index (χ2n) is 6.31. The average molecular weight is 363 g/mol. The predicted octanol–water partition coefficient (Wildman–Crippen LogP) is 2.28. The standard InChI is InChI=1S/C20H17N3O4/c24-18-15-10-5-4-9-14(15)17(21-22-18)20(26)27-16-11-6-12-23(19(16)25)13-7-2-1-3-8-13/h1-5,7-10,16H,6,11-12H2,(H,22,24). The van der Waals surface area contributed by atoms with Gasteiger partial charge in [0, 0.05) is 17.6 Å². The van der Waals surface area contributed by atoms with E-state index in [0.29, 0.717) is 23.7 Å². The van der Waals surface area contributed by atoms with Crippen LogP contribution in [0.4, 0.5) is 5.69 Å². The van der Waals surface area contributed by atoms with Gasteiger partial charge in [0.25, 0.3) is 11.5 Å². The lowest BCUT2D eigenvalue weighted by Gasteiger charge is -2.31. The molecule has 2 aromatic carbocycles. The molecule has 1 aliphatic heterocycles. The van der Waals surface area contributed by atoms with Crippen molar-refractivity contribution in [2.75, 3.05) is 11.4 Å². The number of aromatic nitrogens is 2. The number of carbonyl (C=O) groups excluding carboxylic acids is 2. The van der Waals surface area contributed by atoms with Gasteiger partial charge >= 0.3 is 5.97 Å². The summed E-state index contributed by atoms with van der Waals surface area (Å²) in [5.74, 6) is -0.981. The van der Waals surface area contributed by atoms with Gasteiger partial charge in [0.15, 0.2) is 11.8 Å². The van der Waals surface area contributed by atoms with Crippen LogP contribution in [-0.2, 0) is 9.53 Å². The van der Waals surface area contributed by atoms with Crippen molar-refractivity contribution in [3.63, 3.8) is 0 Å². The van der Waals surface area contributed by atoms with Crippen molar-refractivity contribution < 1.29 is 14.3 Å². The summed E-state index contributed by atoms with van der Waals surface area (Å²) in [5.41, 5.74) is 0.386. The fourth-order valence-corrected chi connectivity index (χ4v) is 3.27. The molecule has 0 aliphatic carbocycles. The van der Waals surface area contributed by atoms with Crippen LogP contribution >= 0.6 is 0 Å². The normalized spacial score (nSPS) is 17.1. The molecule has 0 radical (unpaired) electrons. The largest absolute Gasteiger partial charge is 0.447 e. The number of H-pyrrole nitrogens is 1. The first-order chi connectivity index (χ1) is 13.1. The third-order valence-corrected chi connectivity index (χ3v) is 4.60. The number of nitrogens with zero attached hydrogens (tertiary/aromatic N) is 2. The fraction of sp³-hybridized carbons (Fsp3) is 0.200. The second-order valence-corrected chi connectivity index (χ2v) is 6.31. The molecule has 4 rings (SSSR count). The van der Waals surface area contributed by atoms with E-state index in [2.05, 4.69) is 10.2 Å². The monoisotopic (exact) mass is 363 g/mol. The van der Waals surface area contributed by atoms with Gasteiger partial charge in [0.2, 0.25) is 0 Å². The van der Waals surface area contributed by atoms with E-state index < -0.39 is 12.1 Å². The zero-order chi connectivity index (χ0) is 18.8. The van der Waals surface area contributed by atoms with Gasteiger partial charge in [-0.2, -0.15) is 5.10 Å². The Kier molecular flexibility index (Phi) is 4.42. The van der Waals surface area contributed by atoms with Gasteiger partial charge in [0.05, 0.1) is 5.39 Å². The lowest BCUT2D eigenvalue weighted by molar-refractivity contribution is -0.129. The number of piperidine rings is 1. The molecule has 1 atom stereocenters. The number of hydrogen-bond acceptors (Lipinski definition) is 5. The number of benzene rings is 2. The van der Waals surface area contributed by atoms with E-state index in [1.54, 1.807) is 29.2 Å². The zero-order valence-electron chi connectivity index (χ0n) is 14.4. The maximum Gasteiger partial charge on any atom is 0.360 e. The Balaban J connectivity index is 1.59. The summed E-state index contributed by atoms with van der Waals surface area (Å²) in [7, 11) is 0. The molecule has 136 valence electrons. The Hall–Kier alpha value is -3.48. The summed E-state index contributed by atoms with van der Waals surface area (Å²) >= 11 is 0. The van der Waals surface area contributed by atoms with Gasteiger partial charge in [-0.25, -0.2) is 9.89 Å². The number of carbonyl (C=O) groups is 2. The summed E-state index contributed by atoms with van der Waals surface area (Å²) in [5, 5.41) is 6.89. The number of rotatable bonds is 3. The second kappa shape index (κ2) is 7.03. The molecule has 0 bridgehead atoms. The van der Waals surface area contributed by atoms with Crippen molar-refractivity contribution in [2.24, 2.45) is 0 Å². The van der Waals surface area contributed by atoms with Gasteiger partial charge < -0.3 is 9.64 Å². The quantitative estimate of drug-likeness (QED) is 0.721. The van der Waals surface area contributed by atoms with E-state index in [0.717, 1.165) is 12.1 Å². The molecule has 1 N–H and O–H groups in total. The lowest BCUT2D eigenvalue weighted by atomic mass is 10.1. The van der Waals surface area contributed by atoms with Crippen molar-refractivity contribution in [3.05, 3.63) is 70.6 Å². The van der Waals surface area contributed by atoms with Crippen LogP contribution in [0.1, 0.15) is 23.3 Å². The minimum Gasteiger partial charge on any atom is -0.447 e. The molecular weight excluding hydrogens is 346 g/mol. The van der Waals surface area contributed by atoms with Gasteiger partial charge in [-0.05, 0) is 31.0 Å². The lowest BCUT2D eigenvalue weighted by Crippen LogP contribution is -2.46. The van der Waals surface area contributed by atoms with E-state index >= 15 is 0 Å². The van der Waals surface area contributed by atoms with Crippen LogP contribution in [0.25, 0.3) is 10.8 Å². The molecule has 3 aromatic rings. The summed E-state index contributed by atoms with van der Waals surface area (Å²) in [6.07, 6.45) is 0.298. The van der Waals surface area contributed by atoms with Crippen LogP contribution in [0.5, 0.6) is 0 Å². The highest BCUT2D eigenvalue weighted by Gasteiger charge is 2.33. The van der Waals surface area contributed by atoms with Crippen molar-refractivity contribution in [1.82, 2.24) is 10.2 Å². The van der Waals surface area contributed by atoms with E-state index in [-0.39, 0.29) is 17.2 Å². The van der Waals surface area contributed by atoms with E-state index in [1.165, 1.54) is 0 Å². The van der Waals surface area contributed by atoms with Crippen LogP contribution in [0.2, 0.25) is 0 Å².